The zero-order valence-corrected chi connectivity index (χ0v) is 12.6. The highest BCUT2D eigenvalue weighted by Crippen LogP contribution is 2.27. The third-order valence-corrected chi connectivity index (χ3v) is 4.32. The Morgan fingerprint density at radius 3 is 2.55 bits per heavy atom. The van der Waals surface area contributed by atoms with E-state index >= 15 is 0 Å². The number of carbonyl (C=O) groups is 1. The van der Waals surface area contributed by atoms with Crippen molar-refractivity contribution in [1.29, 1.82) is 0 Å². The molecular formula is C16H15ClO2S. The highest BCUT2D eigenvalue weighted by molar-refractivity contribution is 8.00. The van der Waals surface area contributed by atoms with Gasteiger partial charge in [-0.2, -0.15) is 0 Å². The molecule has 0 fully saturated rings. The smallest absolute Gasteiger partial charge is 0.317 e. The van der Waals surface area contributed by atoms with E-state index in [0.29, 0.717) is 11.4 Å². The van der Waals surface area contributed by atoms with Crippen molar-refractivity contribution in [3.05, 3.63) is 64.7 Å². The Bertz CT molecular complexity index is 596. The minimum Gasteiger partial charge on any atom is -0.480 e. The highest BCUT2D eigenvalue weighted by Gasteiger charge is 2.19. The number of halogens is 1. The molecule has 0 aliphatic rings. The van der Waals surface area contributed by atoms with Crippen molar-refractivity contribution in [2.24, 2.45) is 0 Å². The zero-order chi connectivity index (χ0) is 14.5. The van der Waals surface area contributed by atoms with Crippen molar-refractivity contribution < 1.29 is 9.90 Å². The Morgan fingerprint density at radius 1 is 1.25 bits per heavy atom. The summed E-state index contributed by atoms with van der Waals surface area (Å²) in [5.74, 6) is -0.800. The molecule has 0 bridgehead atoms. The van der Waals surface area contributed by atoms with E-state index in [0.717, 1.165) is 16.0 Å². The van der Waals surface area contributed by atoms with E-state index in [9.17, 15) is 9.90 Å². The van der Waals surface area contributed by atoms with Crippen LogP contribution in [0.1, 0.15) is 11.1 Å². The standard InChI is InChI=1S/C16H15ClO2S/c1-11-3-2-4-12(9-11)10-15(16(18)19)20-14-7-5-13(17)6-8-14/h2-9,15H,10H2,1H3,(H,18,19)/t15-/m1/s1. The summed E-state index contributed by atoms with van der Waals surface area (Å²) in [4.78, 5) is 12.3. The number of benzene rings is 2. The normalized spacial score (nSPS) is 12.1. The number of carboxylic acid groups (broad SMARTS) is 1. The molecule has 4 heteroatoms. The number of hydrogen-bond acceptors (Lipinski definition) is 2. The van der Waals surface area contributed by atoms with Crippen molar-refractivity contribution in [3.8, 4) is 0 Å². The van der Waals surface area contributed by atoms with E-state index in [1.165, 1.54) is 11.8 Å². The van der Waals surface area contributed by atoms with E-state index < -0.39 is 11.2 Å². The second-order valence-corrected chi connectivity index (χ2v) is 6.30. The van der Waals surface area contributed by atoms with Crippen molar-refractivity contribution in [2.75, 3.05) is 0 Å². The number of carboxylic acids is 1. The summed E-state index contributed by atoms with van der Waals surface area (Å²) in [6.45, 7) is 2.01. The molecule has 2 aromatic rings. The lowest BCUT2D eigenvalue weighted by Crippen LogP contribution is -2.19. The van der Waals surface area contributed by atoms with Gasteiger partial charge < -0.3 is 5.11 Å². The lowest BCUT2D eigenvalue weighted by atomic mass is 10.1. The molecule has 0 spiro atoms. The van der Waals surface area contributed by atoms with Crippen LogP contribution in [-0.4, -0.2) is 16.3 Å². The van der Waals surface area contributed by atoms with Gasteiger partial charge in [0.15, 0.2) is 0 Å². The van der Waals surface area contributed by atoms with Crippen molar-refractivity contribution >= 4 is 29.3 Å². The number of hydrogen-bond donors (Lipinski definition) is 1. The lowest BCUT2D eigenvalue weighted by molar-refractivity contribution is -0.136. The minimum atomic E-state index is -0.800. The summed E-state index contributed by atoms with van der Waals surface area (Å²) in [5.41, 5.74) is 2.18. The van der Waals surface area contributed by atoms with Crippen LogP contribution in [-0.2, 0) is 11.2 Å². The van der Waals surface area contributed by atoms with Crippen LogP contribution < -0.4 is 0 Å². The summed E-state index contributed by atoms with van der Waals surface area (Å²) in [6, 6.07) is 15.2. The molecule has 1 N–H and O–H groups in total. The van der Waals surface area contributed by atoms with Crippen LogP contribution in [0.5, 0.6) is 0 Å². The Labute approximate surface area is 127 Å². The molecule has 0 amide bonds. The van der Waals surface area contributed by atoms with E-state index in [1.807, 2.05) is 43.3 Å². The van der Waals surface area contributed by atoms with Crippen molar-refractivity contribution in [1.82, 2.24) is 0 Å². The first kappa shape index (κ1) is 14.9. The fourth-order valence-electron chi connectivity index (χ4n) is 1.91. The first-order chi connectivity index (χ1) is 9.54. The van der Waals surface area contributed by atoms with E-state index in [2.05, 4.69) is 0 Å². The minimum absolute atomic E-state index is 0.502. The van der Waals surface area contributed by atoms with Crippen molar-refractivity contribution in [3.63, 3.8) is 0 Å². The van der Waals surface area contributed by atoms with Crippen LogP contribution in [0.2, 0.25) is 5.02 Å². The fraction of sp³-hybridized carbons (Fsp3) is 0.188. The van der Waals surface area contributed by atoms with Gasteiger partial charge in [-0.3, -0.25) is 4.79 Å². The van der Waals surface area contributed by atoms with E-state index in [-0.39, 0.29) is 0 Å². The van der Waals surface area contributed by atoms with Crippen LogP contribution in [0.15, 0.2) is 53.4 Å². The van der Waals surface area contributed by atoms with Crippen LogP contribution in [0.4, 0.5) is 0 Å². The largest absolute Gasteiger partial charge is 0.480 e. The summed E-state index contributed by atoms with van der Waals surface area (Å²) >= 11 is 7.18. The molecule has 0 radical (unpaired) electrons. The average molecular weight is 307 g/mol. The predicted molar refractivity (Wildman–Crippen MR) is 83.6 cm³/mol. The molecule has 1 atom stereocenters. The molecule has 0 aliphatic carbocycles. The van der Waals surface area contributed by atoms with Crippen LogP contribution in [0, 0.1) is 6.92 Å². The number of aliphatic carboxylic acids is 1. The second kappa shape index (κ2) is 6.82. The molecule has 20 heavy (non-hydrogen) atoms. The van der Waals surface area contributed by atoms with Gasteiger partial charge in [0, 0.05) is 9.92 Å². The number of thioether (sulfide) groups is 1. The van der Waals surface area contributed by atoms with E-state index in [4.69, 9.17) is 11.6 Å². The molecule has 0 heterocycles. The third kappa shape index (κ3) is 4.29. The zero-order valence-electron chi connectivity index (χ0n) is 11.0. The molecule has 0 unspecified atom stereocenters. The molecule has 0 aliphatic heterocycles. The maximum Gasteiger partial charge on any atom is 0.317 e. The van der Waals surface area contributed by atoms with Crippen LogP contribution >= 0.6 is 23.4 Å². The van der Waals surface area contributed by atoms with Gasteiger partial charge in [-0.05, 0) is 43.2 Å². The summed E-state index contributed by atoms with van der Waals surface area (Å²) < 4.78 is 0. The summed E-state index contributed by atoms with van der Waals surface area (Å²) in [7, 11) is 0. The maximum absolute atomic E-state index is 11.4. The number of rotatable bonds is 5. The SMILES string of the molecule is Cc1cccc(C[C@@H](Sc2ccc(Cl)cc2)C(=O)O)c1. The quantitative estimate of drug-likeness (QED) is 0.830. The monoisotopic (exact) mass is 306 g/mol. The second-order valence-electron chi connectivity index (χ2n) is 4.59. The molecule has 104 valence electrons. The topological polar surface area (TPSA) is 37.3 Å². The average Bonchev–Trinajstić information content (AvgIpc) is 2.40. The molecule has 2 rings (SSSR count). The third-order valence-electron chi connectivity index (χ3n) is 2.87. The highest BCUT2D eigenvalue weighted by atomic mass is 35.5. The molecule has 2 nitrogen and oxygen atoms in total. The van der Waals surface area contributed by atoms with E-state index in [1.54, 1.807) is 12.1 Å². The van der Waals surface area contributed by atoms with Crippen LogP contribution in [0.25, 0.3) is 0 Å². The molecular weight excluding hydrogens is 292 g/mol. The van der Waals surface area contributed by atoms with Gasteiger partial charge in [0.2, 0.25) is 0 Å². The molecule has 0 aromatic heterocycles. The van der Waals surface area contributed by atoms with Gasteiger partial charge in [0.1, 0.15) is 5.25 Å². The van der Waals surface area contributed by atoms with Gasteiger partial charge in [-0.15, -0.1) is 11.8 Å². The maximum atomic E-state index is 11.4. The summed E-state index contributed by atoms with van der Waals surface area (Å²) in [5, 5.41) is 9.52. The Balaban J connectivity index is 2.11. The first-order valence-corrected chi connectivity index (χ1v) is 7.51. The first-order valence-electron chi connectivity index (χ1n) is 6.25. The molecule has 0 saturated heterocycles. The number of aryl methyl sites for hydroxylation is 1. The Hall–Kier alpha value is -1.45. The van der Waals surface area contributed by atoms with Gasteiger partial charge in [0.05, 0.1) is 0 Å². The summed E-state index contributed by atoms with van der Waals surface area (Å²) in [6.07, 6.45) is 0.504. The van der Waals surface area contributed by atoms with Gasteiger partial charge >= 0.3 is 5.97 Å². The Morgan fingerprint density at radius 2 is 1.95 bits per heavy atom. The van der Waals surface area contributed by atoms with Crippen molar-refractivity contribution in [2.45, 2.75) is 23.5 Å². The van der Waals surface area contributed by atoms with Crippen LogP contribution in [0.3, 0.4) is 0 Å². The van der Waals surface area contributed by atoms with Gasteiger partial charge in [-0.1, -0.05) is 41.4 Å². The van der Waals surface area contributed by atoms with Gasteiger partial charge in [0.25, 0.3) is 0 Å². The molecule has 2 aromatic carbocycles. The Kier molecular flexibility index (Phi) is 5.10. The van der Waals surface area contributed by atoms with Gasteiger partial charge in [-0.25, -0.2) is 0 Å². The predicted octanol–water partition coefficient (Wildman–Crippen LogP) is 4.44. The lowest BCUT2D eigenvalue weighted by Gasteiger charge is -2.12. The molecule has 0 saturated carbocycles. The fourth-order valence-corrected chi connectivity index (χ4v) is 3.03.